The van der Waals surface area contributed by atoms with Crippen LogP contribution in [0.2, 0.25) is 10.0 Å². The van der Waals surface area contributed by atoms with Crippen molar-refractivity contribution >= 4 is 34.9 Å². The molecule has 2 aromatic heterocycles. The molecule has 2 heterocycles. The molecule has 0 aliphatic heterocycles. The fourth-order valence-electron chi connectivity index (χ4n) is 2.71. The number of rotatable bonds is 7. The minimum absolute atomic E-state index is 0.0969. The average Bonchev–Trinajstić information content (AvgIpc) is 3.10. The van der Waals surface area contributed by atoms with Crippen LogP contribution < -0.4 is 5.32 Å². The van der Waals surface area contributed by atoms with Crippen molar-refractivity contribution in [1.82, 2.24) is 14.8 Å². The number of aryl methyl sites for hydroxylation is 2. The molecule has 3 aromatic rings. The number of benzene rings is 1. The normalized spacial score (nSPS) is 12.0. The molecule has 0 saturated carbocycles. The molecule has 3 rings (SSSR count). The average molecular weight is 403 g/mol. The van der Waals surface area contributed by atoms with Gasteiger partial charge in [0.05, 0.1) is 0 Å². The Labute approximate surface area is 168 Å². The van der Waals surface area contributed by atoms with Crippen LogP contribution in [0.5, 0.6) is 0 Å². The van der Waals surface area contributed by atoms with Gasteiger partial charge in [-0.2, -0.15) is 5.10 Å². The third kappa shape index (κ3) is 5.55. The first-order valence-electron chi connectivity index (χ1n) is 8.68. The number of pyridine rings is 1. The Morgan fingerprint density at radius 3 is 2.70 bits per heavy atom. The largest absolute Gasteiger partial charge is 0.309 e. The van der Waals surface area contributed by atoms with Gasteiger partial charge in [0.2, 0.25) is 5.91 Å². The lowest BCUT2D eigenvalue weighted by Gasteiger charge is -2.12. The van der Waals surface area contributed by atoms with Crippen LogP contribution in [0.1, 0.15) is 18.1 Å². The van der Waals surface area contributed by atoms with E-state index in [1.807, 2.05) is 36.0 Å². The Kier molecular flexibility index (Phi) is 6.48. The molecule has 0 spiro atoms. The summed E-state index contributed by atoms with van der Waals surface area (Å²) in [7, 11) is 0. The van der Waals surface area contributed by atoms with E-state index >= 15 is 0 Å². The fourth-order valence-corrected chi connectivity index (χ4v) is 3.19. The molecule has 0 fully saturated rings. The van der Waals surface area contributed by atoms with Crippen LogP contribution in [0.15, 0.2) is 55.0 Å². The third-order valence-corrected chi connectivity index (χ3v) is 4.85. The van der Waals surface area contributed by atoms with Gasteiger partial charge in [-0.3, -0.25) is 14.5 Å². The standard InChI is InChI=1S/C20H20Cl2N4O/c1-14(12-16-2-3-17(21)13-18(16)22)20(27)24-19-7-11-26(25-19)10-6-15-4-8-23-9-5-15/h2-5,7-9,11,13-14H,6,10,12H2,1H3,(H,24,25,27). The number of nitrogens with zero attached hydrogens (tertiary/aromatic N) is 3. The highest BCUT2D eigenvalue weighted by molar-refractivity contribution is 6.35. The van der Waals surface area contributed by atoms with Gasteiger partial charge < -0.3 is 5.32 Å². The Hall–Kier alpha value is -2.37. The topological polar surface area (TPSA) is 59.8 Å². The van der Waals surface area contributed by atoms with E-state index in [-0.39, 0.29) is 11.8 Å². The predicted molar refractivity (Wildman–Crippen MR) is 108 cm³/mol. The maximum atomic E-state index is 12.4. The number of anilines is 1. The van der Waals surface area contributed by atoms with Crippen LogP contribution in [-0.4, -0.2) is 20.7 Å². The Morgan fingerprint density at radius 2 is 1.96 bits per heavy atom. The van der Waals surface area contributed by atoms with Crippen LogP contribution in [0.3, 0.4) is 0 Å². The van der Waals surface area contributed by atoms with E-state index in [4.69, 9.17) is 23.2 Å². The van der Waals surface area contributed by atoms with E-state index in [9.17, 15) is 4.79 Å². The van der Waals surface area contributed by atoms with E-state index in [1.54, 1.807) is 30.6 Å². The summed E-state index contributed by atoms with van der Waals surface area (Å²) in [4.78, 5) is 16.5. The molecule has 1 unspecified atom stereocenters. The van der Waals surface area contributed by atoms with Crippen molar-refractivity contribution in [2.45, 2.75) is 26.3 Å². The molecule has 27 heavy (non-hydrogen) atoms. The van der Waals surface area contributed by atoms with Gasteiger partial charge in [-0.1, -0.05) is 36.2 Å². The number of hydrogen-bond donors (Lipinski definition) is 1. The molecular formula is C20H20Cl2N4O. The number of nitrogens with one attached hydrogen (secondary N) is 1. The predicted octanol–water partition coefficient (Wildman–Crippen LogP) is 4.64. The molecule has 1 aromatic carbocycles. The third-order valence-electron chi connectivity index (χ3n) is 4.26. The highest BCUT2D eigenvalue weighted by atomic mass is 35.5. The minimum atomic E-state index is -0.245. The number of amides is 1. The molecular weight excluding hydrogens is 383 g/mol. The highest BCUT2D eigenvalue weighted by Gasteiger charge is 2.16. The van der Waals surface area contributed by atoms with E-state index in [1.165, 1.54) is 5.56 Å². The second kappa shape index (κ2) is 9.02. The lowest BCUT2D eigenvalue weighted by molar-refractivity contribution is -0.119. The molecule has 0 aliphatic carbocycles. The van der Waals surface area contributed by atoms with Crippen molar-refractivity contribution in [3.05, 3.63) is 76.2 Å². The van der Waals surface area contributed by atoms with Gasteiger partial charge in [-0.05, 0) is 48.2 Å². The lowest BCUT2D eigenvalue weighted by atomic mass is 10.0. The van der Waals surface area contributed by atoms with Gasteiger partial charge in [-0.15, -0.1) is 0 Å². The number of carbonyl (C=O) groups is 1. The molecule has 5 nitrogen and oxygen atoms in total. The summed E-state index contributed by atoms with van der Waals surface area (Å²) in [5, 5.41) is 8.42. The van der Waals surface area contributed by atoms with Crippen LogP contribution >= 0.6 is 23.2 Å². The second-order valence-corrected chi connectivity index (χ2v) is 7.24. The smallest absolute Gasteiger partial charge is 0.228 e. The maximum absolute atomic E-state index is 12.4. The van der Waals surface area contributed by atoms with Crippen molar-refractivity contribution < 1.29 is 4.79 Å². The summed E-state index contributed by atoms with van der Waals surface area (Å²) < 4.78 is 1.82. The van der Waals surface area contributed by atoms with Crippen molar-refractivity contribution in [2.75, 3.05) is 5.32 Å². The highest BCUT2D eigenvalue weighted by Crippen LogP contribution is 2.23. The monoisotopic (exact) mass is 402 g/mol. The Bertz CT molecular complexity index is 911. The van der Waals surface area contributed by atoms with E-state index in [0.29, 0.717) is 22.3 Å². The van der Waals surface area contributed by atoms with Crippen LogP contribution in [-0.2, 0) is 24.2 Å². The Morgan fingerprint density at radius 1 is 1.19 bits per heavy atom. The SMILES string of the molecule is CC(Cc1ccc(Cl)cc1Cl)C(=O)Nc1ccn(CCc2ccncc2)n1. The van der Waals surface area contributed by atoms with Crippen LogP contribution in [0.25, 0.3) is 0 Å². The molecule has 0 aliphatic rings. The maximum Gasteiger partial charge on any atom is 0.228 e. The zero-order valence-corrected chi connectivity index (χ0v) is 16.4. The number of halogens is 2. The number of hydrogen-bond acceptors (Lipinski definition) is 3. The summed E-state index contributed by atoms with van der Waals surface area (Å²) in [6.45, 7) is 2.59. The molecule has 140 valence electrons. The van der Waals surface area contributed by atoms with Crippen LogP contribution in [0, 0.1) is 5.92 Å². The van der Waals surface area contributed by atoms with E-state index in [0.717, 1.165) is 18.5 Å². The fraction of sp³-hybridized carbons (Fsp3) is 0.250. The lowest BCUT2D eigenvalue weighted by Crippen LogP contribution is -2.22. The summed E-state index contributed by atoms with van der Waals surface area (Å²) in [6.07, 6.45) is 6.79. The summed E-state index contributed by atoms with van der Waals surface area (Å²) in [5.41, 5.74) is 2.09. The molecule has 1 N–H and O–H groups in total. The molecule has 1 atom stereocenters. The summed E-state index contributed by atoms with van der Waals surface area (Å²) in [6, 6.07) is 11.1. The van der Waals surface area contributed by atoms with Gasteiger partial charge in [0, 0.05) is 47.2 Å². The van der Waals surface area contributed by atoms with Crippen molar-refractivity contribution in [3.63, 3.8) is 0 Å². The first kappa shape index (κ1) is 19.4. The zero-order chi connectivity index (χ0) is 19.2. The first-order valence-corrected chi connectivity index (χ1v) is 9.44. The van der Waals surface area contributed by atoms with Crippen molar-refractivity contribution in [2.24, 2.45) is 5.92 Å². The van der Waals surface area contributed by atoms with Crippen molar-refractivity contribution in [3.8, 4) is 0 Å². The van der Waals surface area contributed by atoms with Crippen molar-refractivity contribution in [1.29, 1.82) is 0 Å². The van der Waals surface area contributed by atoms with E-state index < -0.39 is 0 Å². The summed E-state index contributed by atoms with van der Waals surface area (Å²) in [5.74, 6) is 0.204. The molecule has 0 radical (unpaired) electrons. The van der Waals surface area contributed by atoms with E-state index in [2.05, 4.69) is 15.4 Å². The van der Waals surface area contributed by atoms with Gasteiger partial charge in [0.1, 0.15) is 0 Å². The van der Waals surface area contributed by atoms with Crippen LogP contribution in [0.4, 0.5) is 5.82 Å². The first-order chi connectivity index (χ1) is 13.0. The Balaban J connectivity index is 1.53. The zero-order valence-electron chi connectivity index (χ0n) is 14.9. The van der Waals surface area contributed by atoms with Gasteiger partial charge >= 0.3 is 0 Å². The molecule has 0 bridgehead atoms. The van der Waals surface area contributed by atoms with Gasteiger partial charge in [-0.25, -0.2) is 0 Å². The minimum Gasteiger partial charge on any atom is -0.309 e. The number of aromatic nitrogens is 3. The second-order valence-electron chi connectivity index (χ2n) is 6.40. The molecule has 0 saturated heterocycles. The molecule has 7 heteroatoms. The summed E-state index contributed by atoms with van der Waals surface area (Å²) >= 11 is 12.1. The van der Waals surface area contributed by atoms with Gasteiger partial charge in [0.15, 0.2) is 5.82 Å². The quantitative estimate of drug-likeness (QED) is 0.625. The molecule has 1 amide bonds. The number of carbonyl (C=O) groups excluding carboxylic acids is 1. The van der Waals surface area contributed by atoms with Gasteiger partial charge in [0.25, 0.3) is 0 Å².